The second-order valence-corrected chi connectivity index (χ2v) is 8.00. The van der Waals surface area contributed by atoms with Crippen molar-refractivity contribution in [2.45, 2.75) is 16.8 Å². The summed E-state index contributed by atoms with van der Waals surface area (Å²) in [6.45, 7) is 1.95. The molecule has 132 valence electrons. The van der Waals surface area contributed by atoms with Crippen molar-refractivity contribution in [3.63, 3.8) is 0 Å². The standard InChI is InChI=1S/C19H15ClN2O3S/c1-13-2-7-16(8-3-13)22-19(23)14-4-11-18(21-12-14)26(24,25)17-9-5-15(20)6-10-17/h2-12H,1H3,(H,22,23). The monoisotopic (exact) mass is 386 g/mol. The van der Waals surface area contributed by atoms with Crippen LogP contribution in [0.2, 0.25) is 5.02 Å². The van der Waals surface area contributed by atoms with Gasteiger partial charge >= 0.3 is 0 Å². The van der Waals surface area contributed by atoms with E-state index in [2.05, 4.69) is 10.3 Å². The number of benzene rings is 2. The second kappa shape index (κ2) is 7.27. The molecule has 7 heteroatoms. The smallest absolute Gasteiger partial charge is 0.257 e. The minimum Gasteiger partial charge on any atom is -0.322 e. The molecule has 2 aromatic carbocycles. The van der Waals surface area contributed by atoms with Crippen molar-refractivity contribution in [1.82, 2.24) is 4.98 Å². The van der Waals surface area contributed by atoms with Crippen LogP contribution in [0.3, 0.4) is 0 Å². The third kappa shape index (κ3) is 3.92. The number of halogens is 1. The van der Waals surface area contributed by atoms with Crippen LogP contribution in [-0.2, 0) is 9.84 Å². The van der Waals surface area contributed by atoms with Crippen LogP contribution in [0, 0.1) is 6.92 Å². The van der Waals surface area contributed by atoms with Crippen molar-refractivity contribution in [3.8, 4) is 0 Å². The summed E-state index contributed by atoms with van der Waals surface area (Å²) in [5.41, 5.74) is 2.00. The largest absolute Gasteiger partial charge is 0.322 e. The minimum atomic E-state index is -3.76. The summed E-state index contributed by atoms with van der Waals surface area (Å²) in [6.07, 6.45) is 1.24. The van der Waals surface area contributed by atoms with E-state index in [-0.39, 0.29) is 21.4 Å². The second-order valence-electron chi connectivity index (χ2n) is 5.66. The van der Waals surface area contributed by atoms with Crippen LogP contribution in [0.1, 0.15) is 15.9 Å². The average Bonchev–Trinajstić information content (AvgIpc) is 2.64. The van der Waals surface area contributed by atoms with Crippen LogP contribution < -0.4 is 5.32 Å². The summed E-state index contributed by atoms with van der Waals surface area (Å²) < 4.78 is 25.1. The van der Waals surface area contributed by atoms with Gasteiger partial charge in [-0.25, -0.2) is 13.4 Å². The molecule has 3 rings (SSSR count). The third-order valence-corrected chi connectivity index (χ3v) is 5.64. The van der Waals surface area contributed by atoms with E-state index in [4.69, 9.17) is 11.6 Å². The Morgan fingerprint density at radius 1 is 0.962 bits per heavy atom. The molecule has 0 spiro atoms. The fourth-order valence-corrected chi connectivity index (χ4v) is 3.55. The Balaban J connectivity index is 1.80. The molecular formula is C19H15ClN2O3S. The quantitative estimate of drug-likeness (QED) is 0.731. The number of nitrogens with zero attached hydrogens (tertiary/aromatic N) is 1. The zero-order valence-electron chi connectivity index (χ0n) is 13.8. The van der Waals surface area contributed by atoms with Gasteiger partial charge in [-0.15, -0.1) is 0 Å². The number of anilines is 1. The van der Waals surface area contributed by atoms with E-state index in [1.54, 1.807) is 12.1 Å². The molecule has 0 unspecified atom stereocenters. The van der Waals surface area contributed by atoms with E-state index >= 15 is 0 Å². The lowest BCUT2D eigenvalue weighted by atomic mass is 10.2. The summed E-state index contributed by atoms with van der Waals surface area (Å²) in [7, 11) is -3.76. The van der Waals surface area contributed by atoms with E-state index in [9.17, 15) is 13.2 Å². The molecule has 5 nitrogen and oxygen atoms in total. The lowest BCUT2D eigenvalue weighted by molar-refractivity contribution is 0.102. The number of pyridine rings is 1. The van der Waals surface area contributed by atoms with E-state index in [1.807, 2.05) is 19.1 Å². The van der Waals surface area contributed by atoms with Crippen LogP contribution in [0.15, 0.2) is 76.8 Å². The SMILES string of the molecule is Cc1ccc(NC(=O)c2ccc(S(=O)(=O)c3ccc(Cl)cc3)nc2)cc1. The van der Waals surface area contributed by atoms with Crippen LogP contribution in [0.4, 0.5) is 5.69 Å². The van der Waals surface area contributed by atoms with Crippen molar-refractivity contribution in [3.05, 3.63) is 83.0 Å². The Hall–Kier alpha value is -2.70. The minimum absolute atomic E-state index is 0.0891. The topological polar surface area (TPSA) is 76.1 Å². The molecule has 0 saturated heterocycles. The summed E-state index contributed by atoms with van der Waals surface area (Å²) in [6, 6.07) is 15.9. The molecule has 1 heterocycles. The first-order valence-electron chi connectivity index (χ1n) is 7.71. The Labute approximate surface area is 156 Å². The molecule has 3 aromatic rings. The molecule has 1 N–H and O–H groups in total. The normalized spacial score (nSPS) is 11.2. The molecule has 0 saturated carbocycles. The predicted octanol–water partition coefficient (Wildman–Crippen LogP) is 4.13. The highest BCUT2D eigenvalue weighted by Gasteiger charge is 2.19. The van der Waals surface area contributed by atoms with Gasteiger partial charge < -0.3 is 5.32 Å². The van der Waals surface area contributed by atoms with Gasteiger partial charge in [0.25, 0.3) is 5.91 Å². The van der Waals surface area contributed by atoms with Gasteiger partial charge in [-0.05, 0) is 55.5 Å². The van der Waals surface area contributed by atoms with Crippen molar-refractivity contribution in [2.75, 3.05) is 5.32 Å². The molecule has 0 aliphatic rings. The highest BCUT2D eigenvalue weighted by molar-refractivity contribution is 7.91. The lowest BCUT2D eigenvalue weighted by Gasteiger charge is -2.07. The van der Waals surface area contributed by atoms with E-state index in [0.717, 1.165) is 5.56 Å². The number of aryl methyl sites for hydroxylation is 1. The summed E-state index contributed by atoms with van der Waals surface area (Å²) in [5.74, 6) is -0.364. The molecule has 0 radical (unpaired) electrons. The first kappa shape index (κ1) is 18.1. The van der Waals surface area contributed by atoms with Crippen LogP contribution in [0.25, 0.3) is 0 Å². The van der Waals surface area contributed by atoms with Crippen molar-refractivity contribution in [2.24, 2.45) is 0 Å². The Morgan fingerprint density at radius 3 is 2.19 bits per heavy atom. The van der Waals surface area contributed by atoms with Crippen molar-refractivity contribution < 1.29 is 13.2 Å². The molecule has 1 amide bonds. The molecule has 1 aromatic heterocycles. The molecule has 0 atom stereocenters. The number of hydrogen-bond acceptors (Lipinski definition) is 4. The van der Waals surface area contributed by atoms with E-state index in [1.165, 1.54) is 42.6 Å². The molecule has 26 heavy (non-hydrogen) atoms. The van der Waals surface area contributed by atoms with Gasteiger partial charge in [-0.1, -0.05) is 29.3 Å². The zero-order chi connectivity index (χ0) is 18.7. The van der Waals surface area contributed by atoms with Gasteiger partial charge in [-0.2, -0.15) is 0 Å². The Morgan fingerprint density at radius 2 is 1.62 bits per heavy atom. The molecule has 0 fully saturated rings. The van der Waals surface area contributed by atoms with Gasteiger partial charge in [0.15, 0.2) is 5.03 Å². The van der Waals surface area contributed by atoms with Crippen molar-refractivity contribution >= 4 is 33.0 Å². The van der Waals surface area contributed by atoms with Gasteiger partial charge in [0, 0.05) is 16.9 Å². The first-order valence-corrected chi connectivity index (χ1v) is 9.57. The van der Waals surface area contributed by atoms with Crippen LogP contribution >= 0.6 is 11.6 Å². The summed E-state index contributed by atoms with van der Waals surface area (Å²) in [5, 5.41) is 3.05. The molecule has 0 bridgehead atoms. The van der Waals surface area contributed by atoms with E-state index in [0.29, 0.717) is 10.7 Å². The maximum Gasteiger partial charge on any atom is 0.257 e. The summed E-state index contributed by atoms with van der Waals surface area (Å²) in [4.78, 5) is 16.3. The predicted molar refractivity (Wildman–Crippen MR) is 100 cm³/mol. The molecule has 0 aliphatic carbocycles. The number of aromatic nitrogens is 1. The number of hydrogen-bond donors (Lipinski definition) is 1. The Kier molecular flexibility index (Phi) is 5.06. The lowest BCUT2D eigenvalue weighted by Crippen LogP contribution is -2.13. The number of nitrogens with one attached hydrogen (secondary N) is 1. The highest BCUT2D eigenvalue weighted by atomic mass is 35.5. The fraction of sp³-hybridized carbons (Fsp3) is 0.0526. The van der Waals surface area contributed by atoms with Gasteiger partial charge in [0.05, 0.1) is 10.5 Å². The summed E-state index contributed by atoms with van der Waals surface area (Å²) >= 11 is 5.78. The number of sulfone groups is 1. The first-order chi connectivity index (χ1) is 12.4. The number of amides is 1. The number of carbonyl (C=O) groups excluding carboxylic acids is 1. The van der Waals surface area contributed by atoms with Crippen molar-refractivity contribution in [1.29, 1.82) is 0 Å². The fourth-order valence-electron chi connectivity index (χ4n) is 2.25. The van der Waals surface area contributed by atoms with Gasteiger partial charge in [0.1, 0.15) is 0 Å². The Bertz CT molecular complexity index is 1030. The van der Waals surface area contributed by atoms with Gasteiger partial charge in [0.2, 0.25) is 9.84 Å². The third-order valence-electron chi connectivity index (χ3n) is 3.71. The maximum atomic E-state index is 12.5. The average molecular weight is 387 g/mol. The highest BCUT2D eigenvalue weighted by Crippen LogP contribution is 2.21. The van der Waals surface area contributed by atoms with Crippen LogP contribution in [-0.4, -0.2) is 19.3 Å². The molecular weight excluding hydrogens is 372 g/mol. The maximum absolute atomic E-state index is 12.5. The van der Waals surface area contributed by atoms with E-state index < -0.39 is 9.84 Å². The zero-order valence-corrected chi connectivity index (χ0v) is 15.4. The number of rotatable bonds is 4. The number of carbonyl (C=O) groups is 1. The molecule has 0 aliphatic heterocycles. The van der Waals surface area contributed by atoms with Crippen LogP contribution in [0.5, 0.6) is 0 Å². The van der Waals surface area contributed by atoms with Gasteiger partial charge in [-0.3, -0.25) is 4.79 Å².